The average Bonchev–Trinajstić information content (AvgIpc) is 2.34. The van der Waals surface area contributed by atoms with E-state index in [-0.39, 0.29) is 0 Å². The summed E-state index contributed by atoms with van der Waals surface area (Å²) >= 11 is 0. The van der Waals surface area contributed by atoms with Gasteiger partial charge in [-0.3, -0.25) is 4.79 Å². The molecule has 1 fully saturated rings. The van der Waals surface area contributed by atoms with Crippen molar-refractivity contribution in [3.8, 4) is 0 Å². The van der Waals surface area contributed by atoms with E-state index in [1.807, 2.05) is 0 Å². The van der Waals surface area contributed by atoms with Crippen LogP contribution in [0.2, 0.25) is 0 Å². The molecule has 1 atom stereocenters. The molecule has 1 aliphatic rings. The lowest BCUT2D eigenvalue weighted by atomic mass is 10.0. The maximum Gasteiger partial charge on any atom is 0.303 e. The highest BCUT2D eigenvalue weighted by atomic mass is 16.4. The zero-order chi connectivity index (χ0) is 7.40. The minimum absolute atomic E-state index is 0.326. The zero-order valence-electron chi connectivity index (χ0n) is 5.97. The van der Waals surface area contributed by atoms with Gasteiger partial charge in [0.15, 0.2) is 0 Å². The Morgan fingerprint density at radius 1 is 1.70 bits per heavy atom. The third-order valence-corrected chi connectivity index (χ3v) is 1.93. The van der Waals surface area contributed by atoms with Gasteiger partial charge in [0.2, 0.25) is 0 Å². The van der Waals surface area contributed by atoms with Crippen LogP contribution in [0.25, 0.3) is 0 Å². The molecule has 3 nitrogen and oxygen atoms in total. The summed E-state index contributed by atoms with van der Waals surface area (Å²) in [6.45, 7) is 2.07. The van der Waals surface area contributed by atoms with Gasteiger partial charge in [-0.05, 0) is 31.8 Å². The highest BCUT2D eigenvalue weighted by Gasteiger charge is 2.14. The minimum atomic E-state index is -0.674. The first-order valence-corrected chi connectivity index (χ1v) is 3.71. The van der Waals surface area contributed by atoms with E-state index in [9.17, 15) is 4.79 Å². The predicted molar refractivity (Wildman–Crippen MR) is 37.8 cm³/mol. The summed E-state index contributed by atoms with van der Waals surface area (Å²) < 4.78 is 0. The topological polar surface area (TPSA) is 49.3 Å². The van der Waals surface area contributed by atoms with Gasteiger partial charge in [-0.2, -0.15) is 0 Å². The van der Waals surface area contributed by atoms with Crippen LogP contribution in [-0.2, 0) is 4.79 Å². The summed E-state index contributed by atoms with van der Waals surface area (Å²) in [4.78, 5) is 10.1. The Bertz CT molecular complexity index is 119. The molecule has 0 spiro atoms. The van der Waals surface area contributed by atoms with Gasteiger partial charge in [0.05, 0.1) is 0 Å². The van der Waals surface area contributed by atoms with Gasteiger partial charge in [-0.15, -0.1) is 0 Å². The predicted octanol–water partition coefficient (Wildman–Crippen LogP) is 0.461. The number of carboxylic acids is 1. The van der Waals surface area contributed by atoms with Crippen molar-refractivity contribution in [1.29, 1.82) is 0 Å². The van der Waals surface area contributed by atoms with Crippen LogP contribution in [0.3, 0.4) is 0 Å². The third-order valence-electron chi connectivity index (χ3n) is 1.93. The van der Waals surface area contributed by atoms with Gasteiger partial charge in [0.25, 0.3) is 0 Å². The minimum Gasteiger partial charge on any atom is -0.481 e. The Labute approximate surface area is 60.4 Å². The fourth-order valence-corrected chi connectivity index (χ4v) is 1.29. The first kappa shape index (κ1) is 7.54. The molecular formula is C7H13NO2. The fourth-order valence-electron chi connectivity index (χ4n) is 1.29. The second kappa shape index (κ2) is 3.56. The lowest BCUT2D eigenvalue weighted by Crippen LogP contribution is -2.10. The highest BCUT2D eigenvalue weighted by Crippen LogP contribution is 2.13. The van der Waals surface area contributed by atoms with Gasteiger partial charge in [-0.1, -0.05) is 0 Å². The summed E-state index contributed by atoms with van der Waals surface area (Å²) in [5, 5.41) is 11.6. The molecule has 0 saturated carbocycles. The standard InChI is InChI=1S/C7H13NO2/c9-7(10)2-1-6-3-4-8-5-6/h6,8H,1-5H2,(H,9,10). The molecule has 0 bridgehead atoms. The zero-order valence-corrected chi connectivity index (χ0v) is 5.97. The Morgan fingerprint density at radius 2 is 2.50 bits per heavy atom. The first-order chi connectivity index (χ1) is 4.79. The number of rotatable bonds is 3. The molecule has 0 radical (unpaired) electrons. The van der Waals surface area contributed by atoms with E-state index >= 15 is 0 Å². The van der Waals surface area contributed by atoms with E-state index in [1.54, 1.807) is 0 Å². The van der Waals surface area contributed by atoms with Crippen molar-refractivity contribution in [2.75, 3.05) is 13.1 Å². The van der Waals surface area contributed by atoms with Gasteiger partial charge in [0.1, 0.15) is 0 Å². The van der Waals surface area contributed by atoms with E-state index in [4.69, 9.17) is 5.11 Å². The van der Waals surface area contributed by atoms with E-state index in [2.05, 4.69) is 5.32 Å². The summed E-state index contributed by atoms with van der Waals surface area (Å²) in [7, 11) is 0. The quantitative estimate of drug-likeness (QED) is 0.603. The lowest BCUT2D eigenvalue weighted by Gasteiger charge is -2.03. The second-order valence-electron chi connectivity index (χ2n) is 2.79. The van der Waals surface area contributed by atoms with Gasteiger partial charge in [-0.25, -0.2) is 0 Å². The smallest absolute Gasteiger partial charge is 0.303 e. The third kappa shape index (κ3) is 2.35. The summed E-state index contributed by atoms with van der Waals surface area (Å²) in [5.74, 6) is -0.0667. The number of carbonyl (C=O) groups is 1. The van der Waals surface area contributed by atoms with Crippen molar-refractivity contribution in [3.63, 3.8) is 0 Å². The normalized spacial score (nSPS) is 25.0. The van der Waals surface area contributed by atoms with Crippen LogP contribution in [0.5, 0.6) is 0 Å². The maximum absolute atomic E-state index is 10.1. The van der Waals surface area contributed by atoms with Crippen LogP contribution in [0.4, 0.5) is 0 Å². The number of nitrogens with one attached hydrogen (secondary N) is 1. The van der Waals surface area contributed by atoms with E-state index in [0.29, 0.717) is 12.3 Å². The van der Waals surface area contributed by atoms with Gasteiger partial charge in [0, 0.05) is 6.42 Å². The summed E-state index contributed by atoms with van der Waals surface area (Å²) in [6, 6.07) is 0. The molecule has 2 N–H and O–H groups in total. The highest BCUT2D eigenvalue weighted by molar-refractivity contribution is 5.66. The van der Waals surface area contributed by atoms with Crippen LogP contribution >= 0.6 is 0 Å². The summed E-state index contributed by atoms with van der Waals surface area (Å²) in [5.41, 5.74) is 0. The molecule has 0 aromatic rings. The van der Waals surface area contributed by atoms with Crippen molar-refractivity contribution >= 4 is 5.97 Å². The molecule has 3 heteroatoms. The van der Waals surface area contributed by atoms with Crippen LogP contribution in [-0.4, -0.2) is 24.2 Å². The van der Waals surface area contributed by atoms with Crippen molar-refractivity contribution in [2.24, 2.45) is 5.92 Å². The fraction of sp³-hybridized carbons (Fsp3) is 0.857. The second-order valence-corrected chi connectivity index (χ2v) is 2.79. The molecule has 0 aliphatic carbocycles. The van der Waals surface area contributed by atoms with Crippen LogP contribution < -0.4 is 5.32 Å². The molecule has 58 valence electrons. The molecule has 1 rings (SSSR count). The Kier molecular flexibility index (Phi) is 2.68. The van der Waals surface area contributed by atoms with Crippen LogP contribution in [0, 0.1) is 5.92 Å². The average molecular weight is 143 g/mol. The number of hydrogen-bond acceptors (Lipinski definition) is 2. The first-order valence-electron chi connectivity index (χ1n) is 3.71. The SMILES string of the molecule is O=C(O)CCC1CCNC1. The Morgan fingerprint density at radius 3 is 3.00 bits per heavy atom. The monoisotopic (exact) mass is 143 g/mol. The van der Waals surface area contributed by atoms with Gasteiger partial charge < -0.3 is 10.4 Å². The van der Waals surface area contributed by atoms with Crippen molar-refractivity contribution in [1.82, 2.24) is 5.32 Å². The number of carboxylic acid groups (broad SMARTS) is 1. The maximum atomic E-state index is 10.1. The largest absolute Gasteiger partial charge is 0.481 e. The lowest BCUT2D eigenvalue weighted by molar-refractivity contribution is -0.137. The van der Waals surface area contributed by atoms with E-state index in [1.165, 1.54) is 0 Å². The van der Waals surface area contributed by atoms with Crippen molar-refractivity contribution in [3.05, 3.63) is 0 Å². The van der Waals surface area contributed by atoms with E-state index < -0.39 is 5.97 Å². The molecule has 1 unspecified atom stereocenters. The van der Waals surface area contributed by atoms with Crippen LogP contribution in [0.15, 0.2) is 0 Å². The number of hydrogen-bond donors (Lipinski definition) is 2. The molecule has 0 aromatic carbocycles. The van der Waals surface area contributed by atoms with Crippen molar-refractivity contribution < 1.29 is 9.90 Å². The van der Waals surface area contributed by atoms with E-state index in [0.717, 1.165) is 25.9 Å². The molecule has 0 aromatic heterocycles. The molecule has 1 aliphatic heterocycles. The summed E-state index contributed by atoms with van der Waals surface area (Å²) in [6.07, 6.45) is 2.31. The Balaban J connectivity index is 2.07. The molecule has 1 heterocycles. The van der Waals surface area contributed by atoms with Crippen molar-refractivity contribution in [2.45, 2.75) is 19.3 Å². The Hall–Kier alpha value is -0.570. The molecule has 10 heavy (non-hydrogen) atoms. The van der Waals surface area contributed by atoms with Gasteiger partial charge >= 0.3 is 5.97 Å². The van der Waals surface area contributed by atoms with Crippen LogP contribution in [0.1, 0.15) is 19.3 Å². The molecule has 0 amide bonds. The molecule has 1 saturated heterocycles. The number of aliphatic carboxylic acids is 1. The molecular weight excluding hydrogens is 130 g/mol.